The molecule has 1 aromatic carbocycles. The van der Waals surface area contributed by atoms with Gasteiger partial charge in [-0.2, -0.15) is 0 Å². The number of amides is 1. The van der Waals surface area contributed by atoms with Crippen molar-refractivity contribution >= 4 is 23.2 Å². The number of ether oxygens (including phenoxy) is 1. The summed E-state index contributed by atoms with van der Waals surface area (Å²) in [4.78, 5) is 11.5. The molecule has 0 heterocycles. The van der Waals surface area contributed by atoms with Gasteiger partial charge in [-0.15, -0.1) is 0 Å². The molecule has 1 amide bonds. The van der Waals surface area contributed by atoms with Gasteiger partial charge < -0.3 is 15.4 Å². The number of halogens is 1. The molecule has 1 aromatic rings. The number of hydrogen-bond donors (Lipinski definition) is 2. The minimum atomic E-state index is 0.0563. The fourth-order valence-corrected chi connectivity index (χ4v) is 1.76. The number of methoxy groups -OCH3 is 1. The Kier molecular flexibility index (Phi) is 6.50. The van der Waals surface area contributed by atoms with Crippen LogP contribution in [0.2, 0.25) is 5.02 Å². The van der Waals surface area contributed by atoms with Gasteiger partial charge in [0, 0.05) is 25.2 Å². The molecular formula is C14H21ClN2O2. The van der Waals surface area contributed by atoms with E-state index in [0.717, 1.165) is 5.69 Å². The Bertz CT molecular complexity index is 422. The van der Waals surface area contributed by atoms with E-state index in [1.165, 1.54) is 0 Å². The molecule has 0 spiro atoms. The maximum atomic E-state index is 11.5. The van der Waals surface area contributed by atoms with Crippen molar-refractivity contribution in [3.05, 3.63) is 23.2 Å². The van der Waals surface area contributed by atoms with Crippen molar-refractivity contribution in [2.24, 2.45) is 5.92 Å². The zero-order valence-corrected chi connectivity index (χ0v) is 12.4. The molecule has 0 aliphatic rings. The van der Waals surface area contributed by atoms with E-state index in [0.29, 0.717) is 36.2 Å². The van der Waals surface area contributed by atoms with Gasteiger partial charge >= 0.3 is 0 Å². The van der Waals surface area contributed by atoms with Crippen LogP contribution >= 0.6 is 11.6 Å². The van der Waals surface area contributed by atoms with Crippen LogP contribution in [0.3, 0.4) is 0 Å². The summed E-state index contributed by atoms with van der Waals surface area (Å²) in [5.41, 5.74) is 0.877. The zero-order valence-electron chi connectivity index (χ0n) is 11.6. The van der Waals surface area contributed by atoms with Crippen molar-refractivity contribution in [3.63, 3.8) is 0 Å². The van der Waals surface area contributed by atoms with Gasteiger partial charge in [-0.1, -0.05) is 25.4 Å². The molecule has 1 rings (SSSR count). The highest BCUT2D eigenvalue weighted by molar-refractivity contribution is 6.32. The van der Waals surface area contributed by atoms with E-state index in [2.05, 4.69) is 24.5 Å². The van der Waals surface area contributed by atoms with Crippen LogP contribution in [-0.4, -0.2) is 26.1 Å². The smallest absolute Gasteiger partial charge is 0.221 e. The van der Waals surface area contributed by atoms with Crippen molar-refractivity contribution in [1.82, 2.24) is 5.32 Å². The summed E-state index contributed by atoms with van der Waals surface area (Å²) in [6.45, 7) is 5.43. The molecule has 19 heavy (non-hydrogen) atoms. The number of nitrogens with one attached hydrogen (secondary N) is 2. The van der Waals surface area contributed by atoms with Gasteiger partial charge in [0.25, 0.3) is 0 Å². The molecule has 0 radical (unpaired) electrons. The number of carbonyl (C=O) groups excluding carboxylic acids is 1. The minimum absolute atomic E-state index is 0.0563. The van der Waals surface area contributed by atoms with Gasteiger partial charge in [-0.25, -0.2) is 0 Å². The maximum absolute atomic E-state index is 11.5. The number of hydrogen-bond acceptors (Lipinski definition) is 3. The molecule has 106 valence electrons. The van der Waals surface area contributed by atoms with Crippen LogP contribution in [0.4, 0.5) is 5.69 Å². The van der Waals surface area contributed by atoms with E-state index < -0.39 is 0 Å². The highest BCUT2D eigenvalue weighted by Gasteiger charge is 2.04. The molecule has 0 aromatic heterocycles. The average molecular weight is 285 g/mol. The summed E-state index contributed by atoms with van der Waals surface area (Å²) in [6.07, 6.45) is 0.441. The highest BCUT2D eigenvalue weighted by atomic mass is 35.5. The van der Waals surface area contributed by atoms with Crippen molar-refractivity contribution < 1.29 is 9.53 Å². The van der Waals surface area contributed by atoms with Crippen LogP contribution in [0.5, 0.6) is 5.75 Å². The number of carbonyl (C=O) groups is 1. The SMILES string of the molecule is COc1ccc(NCCC(=O)NCC(C)C)cc1Cl. The largest absolute Gasteiger partial charge is 0.495 e. The van der Waals surface area contributed by atoms with Crippen molar-refractivity contribution in [1.29, 1.82) is 0 Å². The molecule has 0 aliphatic heterocycles. The quantitative estimate of drug-likeness (QED) is 0.809. The van der Waals surface area contributed by atoms with Gasteiger partial charge in [-0.3, -0.25) is 4.79 Å². The van der Waals surface area contributed by atoms with Gasteiger partial charge in [0.2, 0.25) is 5.91 Å². The first-order chi connectivity index (χ1) is 9.02. The molecule has 0 atom stereocenters. The van der Waals surface area contributed by atoms with E-state index in [1.807, 2.05) is 6.07 Å². The minimum Gasteiger partial charge on any atom is -0.495 e. The van der Waals surface area contributed by atoms with E-state index in [9.17, 15) is 4.79 Å². The summed E-state index contributed by atoms with van der Waals surface area (Å²) < 4.78 is 5.07. The first kappa shape index (κ1) is 15.6. The molecule has 0 unspecified atom stereocenters. The summed E-state index contributed by atoms with van der Waals surface area (Å²) in [6, 6.07) is 5.45. The highest BCUT2D eigenvalue weighted by Crippen LogP contribution is 2.27. The van der Waals surface area contributed by atoms with Crippen LogP contribution < -0.4 is 15.4 Å². The lowest BCUT2D eigenvalue weighted by Gasteiger charge is -2.10. The lowest BCUT2D eigenvalue weighted by molar-refractivity contribution is -0.120. The third kappa shape index (κ3) is 5.83. The number of rotatable bonds is 7. The van der Waals surface area contributed by atoms with Crippen LogP contribution in [-0.2, 0) is 4.79 Å². The topological polar surface area (TPSA) is 50.4 Å². The van der Waals surface area contributed by atoms with Gasteiger partial charge in [0.15, 0.2) is 0 Å². The van der Waals surface area contributed by atoms with Crippen LogP contribution in [0.25, 0.3) is 0 Å². The molecule has 4 nitrogen and oxygen atoms in total. The van der Waals surface area contributed by atoms with Crippen LogP contribution in [0.15, 0.2) is 18.2 Å². The molecular weight excluding hydrogens is 264 g/mol. The molecule has 0 aliphatic carbocycles. The van der Waals surface area contributed by atoms with E-state index >= 15 is 0 Å². The van der Waals surface area contributed by atoms with E-state index in [4.69, 9.17) is 16.3 Å². The summed E-state index contributed by atoms with van der Waals surface area (Å²) in [7, 11) is 1.58. The Morgan fingerprint density at radius 3 is 2.74 bits per heavy atom. The molecule has 0 saturated heterocycles. The summed E-state index contributed by atoms with van der Waals surface area (Å²) in [5, 5.41) is 6.58. The second-order valence-corrected chi connectivity index (χ2v) is 5.13. The molecule has 5 heteroatoms. The Morgan fingerprint density at radius 2 is 2.16 bits per heavy atom. The first-order valence-electron chi connectivity index (χ1n) is 6.37. The summed E-state index contributed by atoms with van der Waals surface area (Å²) in [5.74, 6) is 1.17. The van der Waals surface area contributed by atoms with Crippen LogP contribution in [0.1, 0.15) is 20.3 Å². The van der Waals surface area contributed by atoms with E-state index in [1.54, 1.807) is 19.2 Å². The number of anilines is 1. The van der Waals surface area contributed by atoms with Gasteiger partial charge in [0.1, 0.15) is 5.75 Å². The second-order valence-electron chi connectivity index (χ2n) is 4.72. The summed E-state index contributed by atoms with van der Waals surface area (Å²) >= 11 is 6.01. The standard InChI is InChI=1S/C14H21ClN2O2/c1-10(2)9-17-14(18)6-7-16-11-4-5-13(19-3)12(15)8-11/h4-5,8,10,16H,6-7,9H2,1-3H3,(H,17,18). The predicted molar refractivity (Wildman–Crippen MR) is 79.0 cm³/mol. The van der Waals surface area contributed by atoms with Gasteiger partial charge in [0.05, 0.1) is 12.1 Å². The molecule has 2 N–H and O–H groups in total. The fourth-order valence-electron chi connectivity index (χ4n) is 1.50. The molecule has 0 bridgehead atoms. The predicted octanol–water partition coefficient (Wildman–Crippen LogP) is 2.92. The fraction of sp³-hybridized carbons (Fsp3) is 0.500. The first-order valence-corrected chi connectivity index (χ1v) is 6.75. The Labute approximate surface area is 119 Å². The second kappa shape index (κ2) is 7.89. The Morgan fingerprint density at radius 1 is 1.42 bits per heavy atom. The molecule has 0 fully saturated rings. The van der Waals surface area contributed by atoms with Crippen LogP contribution in [0, 0.1) is 5.92 Å². The normalized spacial score (nSPS) is 10.4. The maximum Gasteiger partial charge on any atom is 0.221 e. The average Bonchev–Trinajstić information content (AvgIpc) is 2.36. The van der Waals surface area contributed by atoms with E-state index in [-0.39, 0.29) is 5.91 Å². The Hall–Kier alpha value is -1.42. The van der Waals surface area contributed by atoms with Crippen molar-refractivity contribution in [2.45, 2.75) is 20.3 Å². The Balaban J connectivity index is 2.33. The van der Waals surface area contributed by atoms with Crippen molar-refractivity contribution in [2.75, 3.05) is 25.5 Å². The lowest BCUT2D eigenvalue weighted by Crippen LogP contribution is -2.28. The molecule has 0 saturated carbocycles. The van der Waals surface area contributed by atoms with Crippen molar-refractivity contribution in [3.8, 4) is 5.75 Å². The third-order valence-electron chi connectivity index (χ3n) is 2.54. The third-order valence-corrected chi connectivity index (χ3v) is 2.84. The lowest BCUT2D eigenvalue weighted by atomic mass is 10.2. The number of benzene rings is 1. The van der Waals surface area contributed by atoms with Gasteiger partial charge in [-0.05, 0) is 24.1 Å². The zero-order chi connectivity index (χ0) is 14.3. The monoisotopic (exact) mass is 284 g/mol.